The van der Waals surface area contributed by atoms with Gasteiger partial charge in [-0.1, -0.05) is 35.5 Å². The van der Waals surface area contributed by atoms with Crippen LogP contribution in [0, 0.1) is 6.92 Å². The summed E-state index contributed by atoms with van der Waals surface area (Å²) >= 11 is 0. The van der Waals surface area contributed by atoms with Crippen LogP contribution in [0.1, 0.15) is 27.4 Å². The summed E-state index contributed by atoms with van der Waals surface area (Å²) in [4.78, 5) is 11.0. The van der Waals surface area contributed by atoms with E-state index in [9.17, 15) is 4.79 Å². The molecule has 1 N–H and O–H groups in total. The monoisotopic (exact) mass is 231 g/mol. The minimum absolute atomic E-state index is 0.195. The Morgan fingerprint density at radius 3 is 2.65 bits per heavy atom. The standard InChI is InChI=1S/C13H13NO3/c1-9-12(13(15)16)11(14-17-9)8-7-10-5-3-2-4-6-10/h2-6H,7-8H2,1H3,(H,15,16). The Morgan fingerprint density at radius 1 is 1.29 bits per heavy atom. The first-order chi connectivity index (χ1) is 8.18. The van der Waals surface area contributed by atoms with Gasteiger partial charge in [-0.15, -0.1) is 0 Å². The van der Waals surface area contributed by atoms with Crippen molar-refractivity contribution in [3.8, 4) is 0 Å². The second-order valence-electron chi connectivity index (χ2n) is 3.85. The molecule has 0 saturated carbocycles. The van der Waals surface area contributed by atoms with Crippen LogP contribution in [0.3, 0.4) is 0 Å². The molecule has 0 radical (unpaired) electrons. The lowest BCUT2D eigenvalue weighted by Crippen LogP contribution is -2.03. The van der Waals surface area contributed by atoms with Gasteiger partial charge in [-0.3, -0.25) is 0 Å². The van der Waals surface area contributed by atoms with E-state index in [0.717, 1.165) is 12.0 Å². The van der Waals surface area contributed by atoms with Crippen LogP contribution < -0.4 is 0 Å². The van der Waals surface area contributed by atoms with Crippen LogP contribution >= 0.6 is 0 Å². The highest BCUT2D eigenvalue weighted by Gasteiger charge is 2.18. The summed E-state index contributed by atoms with van der Waals surface area (Å²) in [5.41, 5.74) is 1.87. The van der Waals surface area contributed by atoms with Gasteiger partial charge in [0.2, 0.25) is 0 Å². The van der Waals surface area contributed by atoms with Gasteiger partial charge in [-0.05, 0) is 25.3 Å². The quantitative estimate of drug-likeness (QED) is 0.877. The average Bonchev–Trinajstić information content (AvgIpc) is 2.69. The summed E-state index contributed by atoms with van der Waals surface area (Å²) in [6.45, 7) is 1.61. The van der Waals surface area contributed by atoms with Crippen molar-refractivity contribution >= 4 is 5.97 Å². The molecule has 1 aromatic carbocycles. The summed E-state index contributed by atoms with van der Waals surface area (Å²) in [6, 6.07) is 9.89. The molecule has 0 atom stereocenters. The average molecular weight is 231 g/mol. The number of aryl methyl sites for hydroxylation is 3. The van der Waals surface area contributed by atoms with E-state index in [1.807, 2.05) is 30.3 Å². The van der Waals surface area contributed by atoms with Crippen LogP contribution in [0.15, 0.2) is 34.9 Å². The fourth-order valence-corrected chi connectivity index (χ4v) is 1.77. The number of rotatable bonds is 4. The predicted octanol–water partition coefficient (Wildman–Crippen LogP) is 2.47. The zero-order valence-corrected chi connectivity index (χ0v) is 9.51. The SMILES string of the molecule is Cc1onc(CCc2ccccc2)c1C(=O)O. The van der Waals surface area contributed by atoms with Crippen molar-refractivity contribution in [1.82, 2.24) is 5.16 Å². The van der Waals surface area contributed by atoms with Crippen molar-refractivity contribution in [2.75, 3.05) is 0 Å². The molecular weight excluding hydrogens is 218 g/mol. The van der Waals surface area contributed by atoms with E-state index in [1.54, 1.807) is 6.92 Å². The lowest BCUT2D eigenvalue weighted by molar-refractivity contribution is 0.0694. The molecule has 1 heterocycles. The fraction of sp³-hybridized carbons (Fsp3) is 0.231. The van der Waals surface area contributed by atoms with Crippen LogP contribution in [0.25, 0.3) is 0 Å². The first-order valence-corrected chi connectivity index (χ1v) is 5.41. The minimum atomic E-state index is -0.980. The third-order valence-electron chi connectivity index (χ3n) is 2.64. The lowest BCUT2D eigenvalue weighted by atomic mass is 10.1. The normalized spacial score (nSPS) is 10.4. The van der Waals surface area contributed by atoms with Crippen LogP contribution in [0.5, 0.6) is 0 Å². The number of nitrogens with zero attached hydrogens (tertiary/aromatic N) is 1. The predicted molar refractivity (Wildman–Crippen MR) is 62.0 cm³/mol. The van der Waals surface area contributed by atoms with Crippen molar-refractivity contribution in [1.29, 1.82) is 0 Å². The molecular formula is C13H13NO3. The summed E-state index contributed by atoms with van der Waals surface area (Å²) in [5.74, 6) is -0.618. The van der Waals surface area contributed by atoms with Crippen molar-refractivity contribution in [3.05, 3.63) is 52.9 Å². The largest absolute Gasteiger partial charge is 0.477 e. The summed E-state index contributed by atoms with van der Waals surface area (Å²) < 4.78 is 4.91. The summed E-state index contributed by atoms with van der Waals surface area (Å²) in [5, 5.41) is 12.8. The zero-order valence-electron chi connectivity index (χ0n) is 9.51. The Morgan fingerprint density at radius 2 is 2.00 bits per heavy atom. The molecule has 4 heteroatoms. The second kappa shape index (κ2) is 4.82. The van der Waals surface area contributed by atoms with Gasteiger partial charge in [-0.2, -0.15) is 0 Å². The molecule has 88 valence electrons. The molecule has 0 aliphatic rings. The van der Waals surface area contributed by atoms with E-state index < -0.39 is 5.97 Å². The van der Waals surface area contributed by atoms with Crippen LogP contribution in [0.2, 0.25) is 0 Å². The topological polar surface area (TPSA) is 63.3 Å². The second-order valence-corrected chi connectivity index (χ2v) is 3.85. The molecule has 0 bridgehead atoms. The lowest BCUT2D eigenvalue weighted by Gasteiger charge is -1.99. The number of hydrogen-bond acceptors (Lipinski definition) is 3. The zero-order chi connectivity index (χ0) is 12.3. The van der Waals surface area contributed by atoms with E-state index in [0.29, 0.717) is 17.9 Å². The number of benzene rings is 1. The van der Waals surface area contributed by atoms with Crippen molar-refractivity contribution < 1.29 is 14.4 Å². The van der Waals surface area contributed by atoms with E-state index in [4.69, 9.17) is 9.63 Å². The van der Waals surface area contributed by atoms with Gasteiger partial charge in [0, 0.05) is 0 Å². The summed E-state index contributed by atoms with van der Waals surface area (Å²) in [7, 11) is 0. The highest BCUT2D eigenvalue weighted by molar-refractivity contribution is 5.89. The molecule has 0 fully saturated rings. The molecule has 0 aliphatic carbocycles. The van der Waals surface area contributed by atoms with Crippen molar-refractivity contribution in [2.24, 2.45) is 0 Å². The number of aromatic carboxylic acids is 1. The molecule has 1 aromatic heterocycles. The highest BCUT2D eigenvalue weighted by atomic mass is 16.5. The number of hydrogen-bond donors (Lipinski definition) is 1. The van der Waals surface area contributed by atoms with Crippen LogP contribution in [0.4, 0.5) is 0 Å². The maximum absolute atomic E-state index is 11.0. The van der Waals surface area contributed by atoms with Gasteiger partial charge in [0.05, 0.1) is 5.69 Å². The maximum atomic E-state index is 11.0. The molecule has 0 unspecified atom stereocenters. The van der Waals surface area contributed by atoms with E-state index in [1.165, 1.54) is 0 Å². The van der Waals surface area contributed by atoms with E-state index in [-0.39, 0.29) is 5.56 Å². The van der Waals surface area contributed by atoms with Crippen LogP contribution in [-0.2, 0) is 12.8 Å². The maximum Gasteiger partial charge on any atom is 0.341 e. The number of aromatic nitrogens is 1. The molecule has 17 heavy (non-hydrogen) atoms. The van der Waals surface area contributed by atoms with Gasteiger partial charge in [0.1, 0.15) is 11.3 Å². The first kappa shape index (κ1) is 11.4. The third kappa shape index (κ3) is 2.53. The first-order valence-electron chi connectivity index (χ1n) is 5.41. The number of carbonyl (C=O) groups is 1. The van der Waals surface area contributed by atoms with Crippen molar-refractivity contribution in [2.45, 2.75) is 19.8 Å². The van der Waals surface area contributed by atoms with Crippen molar-refractivity contribution in [3.63, 3.8) is 0 Å². The Hall–Kier alpha value is -2.10. The fourth-order valence-electron chi connectivity index (χ4n) is 1.77. The molecule has 2 aromatic rings. The molecule has 0 aliphatic heterocycles. The molecule has 0 amide bonds. The molecule has 4 nitrogen and oxygen atoms in total. The highest BCUT2D eigenvalue weighted by Crippen LogP contribution is 2.15. The summed E-state index contributed by atoms with van der Waals surface area (Å²) in [6.07, 6.45) is 1.33. The Kier molecular flexibility index (Phi) is 3.23. The van der Waals surface area contributed by atoms with Gasteiger partial charge < -0.3 is 9.63 Å². The molecule has 0 spiro atoms. The Balaban J connectivity index is 2.12. The Labute approximate surface area is 98.9 Å². The number of carboxylic acids is 1. The Bertz CT molecular complexity index is 517. The number of carboxylic acid groups (broad SMARTS) is 1. The molecule has 2 rings (SSSR count). The smallest absolute Gasteiger partial charge is 0.341 e. The van der Waals surface area contributed by atoms with E-state index in [2.05, 4.69) is 5.16 Å². The van der Waals surface area contributed by atoms with Gasteiger partial charge in [0.25, 0.3) is 0 Å². The van der Waals surface area contributed by atoms with Gasteiger partial charge >= 0.3 is 5.97 Å². The van der Waals surface area contributed by atoms with Gasteiger partial charge in [0.15, 0.2) is 0 Å². The third-order valence-corrected chi connectivity index (χ3v) is 2.64. The molecule has 0 saturated heterocycles. The van der Waals surface area contributed by atoms with E-state index >= 15 is 0 Å². The minimum Gasteiger partial charge on any atom is -0.477 e. The van der Waals surface area contributed by atoms with Crippen LogP contribution in [-0.4, -0.2) is 16.2 Å². The van der Waals surface area contributed by atoms with Gasteiger partial charge in [-0.25, -0.2) is 4.79 Å².